The Morgan fingerprint density at radius 3 is 2.88 bits per heavy atom. The van der Waals surface area contributed by atoms with Gasteiger partial charge in [-0.05, 0) is 41.8 Å². The smallest absolute Gasteiger partial charge is 0.244 e. The largest absolute Gasteiger partial charge is 0.381 e. The summed E-state index contributed by atoms with van der Waals surface area (Å²) in [4.78, 5) is 20.7. The number of pyridine rings is 1. The van der Waals surface area contributed by atoms with Crippen LogP contribution < -0.4 is 10.2 Å². The van der Waals surface area contributed by atoms with Gasteiger partial charge >= 0.3 is 0 Å². The number of carbonyl (C=O) groups is 1. The van der Waals surface area contributed by atoms with Crippen LogP contribution in [0.1, 0.15) is 19.3 Å². The Balaban J connectivity index is 1.51. The molecule has 0 aliphatic carbocycles. The lowest BCUT2D eigenvalue weighted by Gasteiger charge is -2.21. The molecule has 1 unspecified atom stereocenters. The highest BCUT2D eigenvalue weighted by Gasteiger charge is 2.21. The van der Waals surface area contributed by atoms with E-state index in [1.54, 1.807) is 0 Å². The summed E-state index contributed by atoms with van der Waals surface area (Å²) in [6.07, 6.45) is 6.24. The maximum absolute atomic E-state index is 12.4. The molecule has 9 heteroatoms. The van der Waals surface area contributed by atoms with Crippen LogP contribution in [0, 0.1) is 0 Å². The van der Waals surface area contributed by atoms with Gasteiger partial charge in [0.05, 0.1) is 11.9 Å². The standard InChI is InChI=1S/C16H24N8O/c1-22(2)15-6-5-14(10-17-15)19-13-4-3-8-23(9-7-13)16(25)11-24-12-18-20-21-24/h5-6,10,12-13,19H,3-4,7-9,11H2,1-2H3. The molecular formula is C16H24N8O. The molecule has 3 heterocycles. The average molecular weight is 344 g/mol. The van der Waals surface area contributed by atoms with Gasteiger partial charge in [0, 0.05) is 33.2 Å². The van der Waals surface area contributed by atoms with E-state index in [-0.39, 0.29) is 12.5 Å². The molecule has 1 amide bonds. The second-order valence-electron chi connectivity index (χ2n) is 6.46. The van der Waals surface area contributed by atoms with Gasteiger partial charge in [-0.25, -0.2) is 9.67 Å². The lowest BCUT2D eigenvalue weighted by molar-refractivity contribution is -0.132. The van der Waals surface area contributed by atoms with Crippen LogP contribution in [0.3, 0.4) is 0 Å². The van der Waals surface area contributed by atoms with Crippen molar-refractivity contribution >= 4 is 17.4 Å². The highest BCUT2D eigenvalue weighted by atomic mass is 16.2. The summed E-state index contributed by atoms with van der Waals surface area (Å²) in [6.45, 7) is 1.71. The molecule has 3 rings (SSSR count). The molecule has 25 heavy (non-hydrogen) atoms. The molecule has 1 N–H and O–H groups in total. The van der Waals surface area contributed by atoms with Gasteiger partial charge in [-0.15, -0.1) is 5.10 Å². The summed E-state index contributed by atoms with van der Waals surface area (Å²) in [5.41, 5.74) is 1.02. The predicted octanol–water partition coefficient (Wildman–Crippen LogP) is 0.627. The lowest BCUT2D eigenvalue weighted by atomic mass is 10.1. The molecule has 1 aliphatic heterocycles. The summed E-state index contributed by atoms with van der Waals surface area (Å²) < 4.78 is 1.46. The van der Waals surface area contributed by atoms with Gasteiger partial charge < -0.3 is 15.1 Å². The van der Waals surface area contributed by atoms with Crippen molar-refractivity contribution in [1.29, 1.82) is 0 Å². The van der Waals surface area contributed by atoms with Crippen LogP contribution in [0.5, 0.6) is 0 Å². The fraction of sp³-hybridized carbons (Fsp3) is 0.562. The minimum Gasteiger partial charge on any atom is -0.381 e. The highest BCUT2D eigenvalue weighted by Crippen LogP contribution is 2.18. The molecule has 9 nitrogen and oxygen atoms in total. The maximum atomic E-state index is 12.4. The van der Waals surface area contributed by atoms with Crippen LogP contribution in [-0.4, -0.2) is 69.2 Å². The number of nitrogens with one attached hydrogen (secondary N) is 1. The zero-order valence-corrected chi connectivity index (χ0v) is 14.7. The normalized spacial score (nSPS) is 17.8. The van der Waals surface area contributed by atoms with E-state index in [0.717, 1.165) is 43.9 Å². The van der Waals surface area contributed by atoms with E-state index in [1.807, 2.05) is 42.2 Å². The van der Waals surface area contributed by atoms with Crippen molar-refractivity contribution in [3.63, 3.8) is 0 Å². The van der Waals surface area contributed by atoms with Gasteiger partial charge in [0.25, 0.3) is 0 Å². The van der Waals surface area contributed by atoms with Gasteiger partial charge in [-0.1, -0.05) is 0 Å². The number of nitrogens with zero attached hydrogens (tertiary/aromatic N) is 7. The Kier molecular flexibility index (Phi) is 5.42. The van der Waals surface area contributed by atoms with Crippen LogP contribution in [0.2, 0.25) is 0 Å². The number of rotatable bonds is 5. The first-order valence-electron chi connectivity index (χ1n) is 8.50. The molecule has 1 saturated heterocycles. The van der Waals surface area contributed by atoms with Gasteiger partial charge in [0.2, 0.25) is 5.91 Å². The predicted molar refractivity (Wildman–Crippen MR) is 94.2 cm³/mol. The first-order chi connectivity index (χ1) is 12.1. The van der Waals surface area contributed by atoms with Crippen molar-refractivity contribution in [2.45, 2.75) is 31.8 Å². The number of amides is 1. The fourth-order valence-electron chi connectivity index (χ4n) is 2.95. The van der Waals surface area contributed by atoms with Crippen molar-refractivity contribution in [3.05, 3.63) is 24.7 Å². The Hall–Kier alpha value is -2.71. The second-order valence-corrected chi connectivity index (χ2v) is 6.46. The molecule has 2 aromatic rings. The highest BCUT2D eigenvalue weighted by molar-refractivity contribution is 5.75. The number of tetrazole rings is 1. The molecule has 0 aromatic carbocycles. The summed E-state index contributed by atoms with van der Waals surface area (Å²) in [5.74, 6) is 0.996. The van der Waals surface area contributed by atoms with Gasteiger partial charge in [-0.3, -0.25) is 4.79 Å². The lowest BCUT2D eigenvalue weighted by Crippen LogP contribution is -2.35. The zero-order chi connectivity index (χ0) is 17.6. The molecule has 1 aliphatic rings. The Bertz CT molecular complexity index is 670. The minimum atomic E-state index is 0.0601. The molecule has 1 fully saturated rings. The van der Waals surface area contributed by atoms with Crippen LogP contribution in [0.15, 0.2) is 24.7 Å². The van der Waals surface area contributed by atoms with E-state index in [9.17, 15) is 4.79 Å². The SMILES string of the molecule is CN(C)c1ccc(NC2CCCN(C(=O)Cn3cnnn3)CC2)cn1. The van der Waals surface area contributed by atoms with Gasteiger partial charge in [0.15, 0.2) is 0 Å². The molecular weight excluding hydrogens is 320 g/mol. The van der Waals surface area contributed by atoms with Crippen LogP contribution in [-0.2, 0) is 11.3 Å². The second kappa shape index (κ2) is 7.91. The summed E-state index contributed by atoms with van der Waals surface area (Å²) >= 11 is 0. The monoisotopic (exact) mass is 344 g/mol. The van der Waals surface area contributed by atoms with Gasteiger partial charge in [0.1, 0.15) is 18.7 Å². The van der Waals surface area contributed by atoms with Crippen LogP contribution >= 0.6 is 0 Å². The Morgan fingerprint density at radius 2 is 2.20 bits per heavy atom. The third-order valence-corrected chi connectivity index (χ3v) is 4.35. The van der Waals surface area contributed by atoms with Crippen molar-refractivity contribution in [1.82, 2.24) is 30.1 Å². The zero-order valence-electron chi connectivity index (χ0n) is 14.7. The third kappa shape index (κ3) is 4.65. The van der Waals surface area contributed by atoms with Crippen molar-refractivity contribution in [3.8, 4) is 0 Å². The molecule has 134 valence electrons. The number of hydrogen-bond donors (Lipinski definition) is 1. The molecule has 0 saturated carbocycles. The first kappa shape index (κ1) is 17.1. The van der Waals surface area contributed by atoms with Crippen molar-refractivity contribution in [2.24, 2.45) is 0 Å². The van der Waals surface area contributed by atoms with E-state index in [4.69, 9.17) is 0 Å². The molecule has 2 aromatic heterocycles. The summed E-state index contributed by atoms with van der Waals surface area (Å²) in [5, 5.41) is 14.4. The van der Waals surface area contributed by atoms with Crippen molar-refractivity contribution < 1.29 is 4.79 Å². The number of carbonyl (C=O) groups excluding carboxylic acids is 1. The quantitative estimate of drug-likeness (QED) is 0.850. The van der Waals surface area contributed by atoms with E-state index in [2.05, 4.69) is 25.8 Å². The summed E-state index contributed by atoms with van der Waals surface area (Å²) in [7, 11) is 3.95. The van der Waals surface area contributed by atoms with E-state index >= 15 is 0 Å². The van der Waals surface area contributed by atoms with Crippen LogP contribution in [0.25, 0.3) is 0 Å². The molecule has 0 radical (unpaired) electrons. The minimum absolute atomic E-state index is 0.0601. The summed E-state index contributed by atoms with van der Waals surface area (Å²) in [6, 6.07) is 4.40. The van der Waals surface area contributed by atoms with E-state index in [1.165, 1.54) is 11.0 Å². The number of anilines is 2. The van der Waals surface area contributed by atoms with Crippen LogP contribution in [0.4, 0.5) is 11.5 Å². The number of hydrogen-bond acceptors (Lipinski definition) is 7. The molecule has 1 atom stereocenters. The molecule has 0 spiro atoms. The first-order valence-corrected chi connectivity index (χ1v) is 8.50. The number of aromatic nitrogens is 5. The van der Waals surface area contributed by atoms with E-state index < -0.39 is 0 Å². The van der Waals surface area contributed by atoms with Gasteiger partial charge in [-0.2, -0.15) is 0 Å². The molecule has 0 bridgehead atoms. The number of likely N-dealkylation sites (tertiary alicyclic amines) is 1. The fourth-order valence-corrected chi connectivity index (χ4v) is 2.95. The van der Waals surface area contributed by atoms with E-state index in [0.29, 0.717) is 6.04 Å². The third-order valence-electron chi connectivity index (χ3n) is 4.35. The average Bonchev–Trinajstić information content (AvgIpc) is 2.99. The Morgan fingerprint density at radius 1 is 1.32 bits per heavy atom. The maximum Gasteiger partial charge on any atom is 0.244 e. The Labute approximate surface area is 147 Å². The topological polar surface area (TPSA) is 92.1 Å². The van der Waals surface area contributed by atoms with Crippen molar-refractivity contribution in [2.75, 3.05) is 37.4 Å².